The summed E-state index contributed by atoms with van der Waals surface area (Å²) in [5.74, 6) is -0.652. The first-order valence-electron chi connectivity index (χ1n) is 9.47. The lowest BCUT2D eigenvalue weighted by molar-refractivity contribution is -0.110. The molecule has 31 heavy (non-hydrogen) atoms. The Balaban J connectivity index is 1.44. The number of nitrogens with one attached hydrogen (secondary N) is 1. The Kier molecular flexibility index (Phi) is 4.38. The van der Waals surface area contributed by atoms with E-state index in [4.69, 9.17) is 0 Å². The summed E-state index contributed by atoms with van der Waals surface area (Å²) >= 11 is 0. The number of anilines is 1. The molecule has 7 heteroatoms. The molecule has 0 spiro atoms. The van der Waals surface area contributed by atoms with Gasteiger partial charge in [0.05, 0.1) is 17.4 Å². The van der Waals surface area contributed by atoms with Crippen molar-refractivity contribution < 1.29 is 9.18 Å². The first-order valence-corrected chi connectivity index (χ1v) is 9.47. The average Bonchev–Trinajstić information content (AvgIpc) is 3.40. The van der Waals surface area contributed by atoms with Gasteiger partial charge in [-0.3, -0.25) is 4.79 Å². The number of carbonyl (C=O) groups is 1. The van der Waals surface area contributed by atoms with E-state index in [0.29, 0.717) is 33.8 Å². The van der Waals surface area contributed by atoms with E-state index in [1.807, 2.05) is 30.3 Å². The highest BCUT2D eigenvalue weighted by Gasteiger charge is 2.24. The van der Waals surface area contributed by atoms with Crippen LogP contribution < -0.4 is 5.32 Å². The molecule has 148 valence electrons. The molecule has 0 saturated carbocycles. The molecule has 0 atom stereocenters. The first kappa shape index (κ1) is 18.5. The number of aromatic nitrogens is 3. The topological polar surface area (TPSA) is 83.6 Å². The van der Waals surface area contributed by atoms with Gasteiger partial charge in [0.15, 0.2) is 0 Å². The molecule has 1 aliphatic rings. The molecule has 0 radical (unpaired) electrons. The highest BCUT2D eigenvalue weighted by Crippen LogP contribution is 2.33. The molecule has 4 aromatic rings. The zero-order chi connectivity index (χ0) is 21.4. The van der Waals surface area contributed by atoms with Crippen LogP contribution in [-0.4, -0.2) is 20.9 Å². The number of fused-ring (bicyclic) bond motifs is 1. The van der Waals surface area contributed by atoms with Crippen LogP contribution in [0.3, 0.4) is 0 Å². The van der Waals surface area contributed by atoms with Crippen molar-refractivity contribution in [3.05, 3.63) is 95.4 Å². The summed E-state index contributed by atoms with van der Waals surface area (Å²) in [6.45, 7) is 0. The van der Waals surface area contributed by atoms with Gasteiger partial charge in [0, 0.05) is 22.4 Å². The van der Waals surface area contributed by atoms with Gasteiger partial charge in [-0.25, -0.2) is 9.07 Å². The Labute approximate surface area is 176 Å². The zero-order valence-corrected chi connectivity index (χ0v) is 16.1. The smallest absolute Gasteiger partial charge is 0.256 e. The molecule has 2 heterocycles. The summed E-state index contributed by atoms with van der Waals surface area (Å²) in [4.78, 5) is 12.3. The molecule has 6 nitrogen and oxygen atoms in total. The second kappa shape index (κ2) is 7.35. The average molecular weight is 407 g/mol. The number of hydrogen-bond donors (Lipinski definition) is 1. The van der Waals surface area contributed by atoms with Crippen LogP contribution in [0.4, 0.5) is 10.1 Å². The van der Waals surface area contributed by atoms with E-state index in [1.54, 1.807) is 41.2 Å². The normalized spacial score (nSPS) is 13.7. The third kappa shape index (κ3) is 3.36. The molecule has 1 N–H and O–H groups in total. The maximum absolute atomic E-state index is 13.6. The Morgan fingerprint density at radius 2 is 1.87 bits per heavy atom. The van der Waals surface area contributed by atoms with Crippen molar-refractivity contribution in [3.8, 4) is 23.0 Å². The molecule has 1 amide bonds. The van der Waals surface area contributed by atoms with E-state index in [-0.39, 0.29) is 5.91 Å². The van der Waals surface area contributed by atoms with Crippen LogP contribution >= 0.6 is 0 Å². The van der Waals surface area contributed by atoms with Crippen molar-refractivity contribution in [1.82, 2.24) is 15.0 Å². The van der Waals surface area contributed by atoms with Crippen molar-refractivity contribution in [2.75, 3.05) is 5.32 Å². The fraction of sp³-hybridized carbons (Fsp3) is 0. The van der Waals surface area contributed by atoms with Gasteiger partial charge in [0.1, 0.15) is 17.6 Å². The maximum atomic E-state index is 13.6. The van der Waals surface area contributed by atoms with Gasteiger partial charge in [-0.15, -0.1) is 5.10 Å². The SMILES string of the molecule is N#Cc1ccccc1-n1cc(-c2ccc(/C=C3\C(=O)Nc4ccc(F)cc43)cc2)nn1. The summed E-state index contributed by atoms with van der Waals surface area (Å²) in [7, 11) is 0. The lowest BCUT2D eigenvalue weighted by atomic mass is 10.0. The molecule has 0 unspecified atom stereocenters. The molecule has 0 aliphatic carbocycles. The molecule has 1 aliphatic heterocycles. The van der Waals surface area contributed by atoms with Crippen molar-refractivity contribution in [2.45, 2.75) is 0 Å². The van der Waals surface area contributed by atoms with Gasteiger partial charge in [-0.1, -0.05) is 41.6 Å². The Morgan fingerprint density at radius 1 is 1.06 bits per heavy atom. The van der Waals surface area contributed by atoms with Gasteiger partial charge in [0.2, 0.25) is 0 Å². The van der Waals surface area contributed by atoms with Gasteiger partial charge in [0.25, 0.3) is 5.91 Å². The molecule has 5 rings (SSSR count). The van der Waals surface area contributed by atoms with E-state index in [2.05, 4.69) is 21.7 Å². The number of rotatable bonds is 3. The lowest BCUT2D eigenvalue weighted by Gasteiger charge is -2.02. The van der Waals surface area contributed by atoms with Crippen LogP contribution in [0.25, 0.3) is 28.6 Å². The number of amides is 1. The van der Waals surface area contributed by atoms with Gasteiger partial charge >= 0.3 is 0 Å². The summed E-state index contributed by atoms with van der Waals surface area (Å²) in [6.07, 6.45) is 3.48. The van der Waals surface area contributed by atoms with Crippen LogP contribution in [0.5, 0.6) is 0 Å². The fourth-order valence-electron chi connectivity index (χ4n) is 3.50. The number of nitriles is 1. The molecule has 0 fully saturated rings. The number of halogens is 1. The van der Waals surface area contributed by atoms with E-state index in [9.17, 15) is 14.4 Å². The summed E-state index contributed by atoms with van der Waals surface area (Å²) in [5, 5.41) is 20.4. The lowest BCUT2D eigenvalue weighted by Crippen LogP contribution is -2.03. The van der Waals surface area contributed by atoms with Crippen LogP contribution in [0.15, 0.2) is 72.9 Å². The largest absolute Gasteiger partial charge is 0.321 e. The summed E-state index contributed by atoms with van der Waals surface area (Å²) < 4.78 is 15.2. The van der Waals surface area contributed by atoms with E-state index < -0.39 is 5.82 Å². The van der Waals surface area contributed by atoms with E-state index in [1.165, 1.54) is 12.1 Å². The van der Waals surface area contributed by atoms with Gasteiger partial charge < -0.3 is 5.32 Å². The van der Waals surface area contributed by atoms with Gasteiger partial charge in [-0.05, 0) is 42.0 Å². The second-order valence-electron chi connectivity index (χ2n) is 7.00. The maximum Gasteiger partial charge on any atom is 0.256 e. The number of hydrogen-bond acceptors (Lipinski definition) is 4. The molecular weight excluding hydrogens is 393 g/mol. The quantitative estimate of drug-likeness (QED) is 0.509. The Bertz CT molecular complexity index is 1400. The highest BCUT2D eigenvalue weighted by molar-refractivity contribution is 6.34. The van der Waals surface area contributed by atoms with Crippen LogP contribution in [0.2, 0.25) is 0 Å². The highest BCUT2D eigenvalue weighted by atomic mass is 19.1. The first-order chi connectivity index (χ1) is 15.1. The Hall–Kier alpha value is -4.57. The van der Waals surface area contributed by atoms with E-state index >= 15 is 0 Å². The molecule has 0 bridgehead atoms. The zero-order valence-electron chi connectivity index (χ0n) is 16.1. The third-order valence-electron chi connectivity index (χ3n) is 5.05. The van der Waals surface area contributed by atoms with Crippen molar-refractivity contribution in [2.24, 2.45) is 0 Å². The fourth-order valence-corrected chi connectivity index (χ4v) is 3.50. The number of nitrogens with zero attached hydrogens (tertiary/aromatic N) is 4. The standard InChI is InChI=1S/C24H14FN5O/c25-18-9-10-21-19(12-18)20(24(31)27-21)11-15-5-7-16(8-6-15)22-14-30(29-28-22)23-4-2-1-3-17(23)13-26/h1-12,14H,(H,27,31)/b20-11-. The Morgan fingerprint density at radius 3 is 2.68 bits per heavy atom. The number of benzene rings is 3. The summed E-state index contributed by atoms with van der Waals surface area (Å²) in [6, 6.07) is 21.0. The van der Waals surface area contributed by atoms with Gasteiger partial charge in [-0.2, -0.15) is 5.26 Å². The number of para-hydroxylation sites is 1. The molecule has 1 aromatic heterocycles. The molecular formula is C24H14FN5O. The van der Waals surface area contributed by atoms with Crippen LogP contribution in [-0.2, 0) is 4.79 Å². The van der Waals surface area contributed by atoms with Crippen molar-refractivity contribution in [3.63, 3.8) is 0 Å². The minimum atomic E-state index is -0.391. The molecule has 0 saturated heterocycles. The predicted molar refractivity (Wildman–Crippen MR) is 114 cm³/mol. The molecule has 3 aromatic carbocycles. The monoisotopic (exact) mass is 407 g/mol. The second-order valence-corrected chi connectivity index (χ2v) is 7.00. The van der Waals surface area contributed by atoms with E-state index in [0.717, 1.165) is 11.1 Å². The predicted octanol–water partition coefficient (Wildman–Crippen LogP) is 4.44. The summed E-state index contributed by atoms with van der Waals surface area (Å²) in [5.41, 5.74) is 5.02. The minimum absolute atomic E-state index is 0.260. The third-order valence-corrected chi connectivity index (χ3v) is 5.05. The van der Waals surface area contributed by atoms with Crippen LogP contribution in [0, 0.1) is 17.1 Å². The minimum Gasteiger partial charge on any atom is -0.321 e. The van der Waals surface area contributed by atoms with Crippen molar-refractivity contribution >= 4 is 23.2 Å². The van der Waals surface area contributed by atoms with Crippen molar-refractivity contribution in [1.29, 1.82) is 5.26 Å². The van der Waals surface area contributed by atoms with Crippen LogP contribution in [0.1, 0.15) is 16.7 Å². The number of carbonyl (C=O) groups excluding carboxylic acids is 1.